The predicted molar refractivity (Wildman–Crippen MR) is 73.1 cm³/mol. The normalized spacial score (nSPS) is 20.2. The van der Waals surface area contributed by atoms with Gasteiger partial charge in [0.05, 0.1) is 6.04 Å². The summed E-state index contributed by atoms with van der Waals surface area (Å²) in [6, 6.07) is 6.73. The zero-order chi connectivity index (χ0) is 13.1. The molecule has 18 heavy (non-hydrogen) atoms. The molecule has 0 aromatic heterocycles. The van der Waals surface area contributed by atoms with E-state index in [0.29, 0.717) is 6.04 Å². The molecular weight excluding hydrogens is 250 g/mol. The van der Waals surface area contributed by atoms with Crippen molar-refractivity contribution in [2.75, 3.05) is 14.2 Å². The van der Waals surface area contributed by atoms with Gasteiger partial charge >= 0.3 is 0 Å². The minimum Gasteiger partial charge on any atom is -0.354 e. The maximum absolute atomic E-state index is 6.01. The highest BCUT2D eigenvalue weighted by molar-refractivity contribution is 6.30. The van der Waals surface area contributed by atoms with E-state index in [1.807, 2.05) is 6.07 Å². The van der Waals surface area contributed by atoms with Crippen LogP contribution in [0.5, 0.6) is 0 Å². The Morgan fingerprint density at radius 1 is 1.22 bits per heavy atom. The lowest BCUT2D eigenvalue weighted by molar-refractivity contribution is -0.120. The number of halogens is 1. The molecule has 1 N–H and O–H groups in total. The molecule has 0 saturated carbocycles. The molecule has 0 amide bonds. The summed E-state index contributed by atoms with van der Waals surface area (Å²) < 4.78 is 10.5. The van der Waals surface area contributed by atoms with Crippen LogP contribution < -0.4 is 5.32 Å². The first-order valence-corrected chi connectivity index (χ1v) is 6.60. The molecule has 0 fully saturated rings. The van der Waals surface area contributed by atoms with E-state index < -0.39 is 0 Å². The lowest BCUT2D eigenvalue weighted by atomic mass is 10.1. The molecule has 0 radical (unpaired) electrons. The van der Waals surface area contributed by atoms with Crippen molar-refractivity contribution >= 4 is 11.6 Å². The lowest BCUT2D eigenvalue weighted by Crippen LogP contribution is -2.45. The number of hydrogen-bond acceptors (Lipinski definition) is 3. The van der Waals surface area contributed by atoms with E-state index in [-0.39, 0.29) is 12.3 Å². The Kier molecular flexibility index (Phi) is 4.62. The molecule has 100 valence electrons. The van der Waals surface area contributed by atoms with E-state index in [1.54, 1.807) is 14.2 Å². The Morgan fingerprint density at radius 3 is 2.56 bits per heavy atom. The van der Waals surface area contributed by atoms with Crippen molar-refractivity contribution < 1.29 is 9.47 Å². The monoisotopic (exact) mass is 269 g/mol. The molecule has 1 aromatic rings. The third kappa shape index (κ3) is 3.04. The lowest BCUT2D eigenvalue weighted by Gasteiger charge is -2.25. The smallest absolute Gasteiger partial charge is 0.171 e. The number of rotatable bonds is 5. The van der Waals surface area contributed by atoms with Gasteiger partial charge in [-0.3, -0.25) is 0 Å². The minimum absolute atomic E-state index is 0.162. The highest BCUT2D eigenvalue weighted by Gasteiger charge is 2.25. The van der Waals surface area contributed by atoms with E-state index in [4.69, 9.17) is 21.1 Å². The van der Waals surface area contributed by atoms with E-state index in [1.165, 1.54) is 11.1 Å². The number of nitrogens with one attached hydrogen (secondary N) is 1. The Morgan fingerprint density at radius 2 is 1.89 bits per heavy atom. The van der Waals surface area contributed by atoms with Crippen molar-refractivity contribution in [2.45, 2.75) is 38.1 Å². The van der Waals surface area contributed by atoms with E-state index in [2.05, 4.69) is 24.4 Å². The van der Waals surface area contributed by atoms with Gasteiger partial charge in [0.1, 0.15) is 0 Å². The second kappa shape index (κ2) is 6.02. The van der Waals surface area contributed by atoms with Gasteiger partial charge in [-0.05, 0) is 43.0 Å². The van der Waals surface area contributed by atoms with Crippen LogP contribution in [0.4, 0.5) is 0 Å². The van der Waals surface area contributed by atoms with Gasteiger partial charge in [0.25, 0.3) is 0 Å². The highest BCUT2D eigenvalue weighted by atomic mass is 35.5. The summed E-state index contributed by atoms with van der Waals surface area (Å²) >= 11 is 6.01. The van der Waals surface area contributed by atoms with Crippen LogP contribution in [0.1, 0.15) is 18.1 Å². The quantitative estimate of drug-likeness (QED) is 0.833. The maximum atomic E-state index is 6.01. The molecule has 1 aliphatic carbocycles. The van der Waals surface area contributed by atoms with Gasteiger partial charge in [-0.1, -0.05) is 17.7 Å². The van der Waals surface area contributed by atoms with Crippen molar-refractivity contribution in [3.63, 3.8) is 0 Å². The van der Waals surface area contributed by atoms with Crippen LogP contribution in [0.25, 0.3) is 0 Å². The Balaban J connectivity index is 1.95. The topological polar surface area (TPSA) is 30.5 Å². The van der Waals surface area contributed by atoms with Gasteiger partial charge in [-0.2, -0.15) is 0 Å². The molecule has 4 heteroatoms. The third-order valence-corrected chi connectivity index (χ3v) is 3.71. The van der Waals surface area contributed by atoms with Gasteiger partial charge in [0, 0.05) is 25.3 Å². The van der Waals surface area contributed by atoms with Crippen LogP contribution in [0.15, 0.2) is 18.2 Å². The van der Waals surface area contributed by atoms with Crippen LogP contribution in [0.2, 0.25) is 5.02 Å². The summed E-state index contributed by atoms with van der Waals surface area (Å²) in [5.41, 5.74) is 2.73. The molecule has 1 aliphatic rings. The van der Waals surface area contributed by atoms with Crippen molar-refractivity contribution in [1.82, 2.24) is 5.32 Å². The third-order valence-electron chi connectivity index (χ3n) is 3.47. The maximum Gasteiger partial charge on any atom is 0.171 e. The van der Waals surface area contributed by atoms with Gasteiger partial charge in [0.15, 0.2) is 6.29 Å². The van der Waals surface area contributed by atoms with Crippen LogP contribution >= 0.6 is 11.6 Å². The second-order valence-electron chi connectivity index (χ2n) is 4.81. The zero-order valence-electron chi connectivity index (χ0n) is 11.1. The number of benzene rings is 1. The fraction of sp³-hybridized carbons (Fsp3) is 0.571. The fourth-order valence-electron chi connectivity index (χ4n) is 2.66. The fourth-order valence-corrected chi connectivity index (χ4v) is 2.85. The molecule has 1 aromatic carbocycles. The standard InChI is InChI=1S/C14H20ClNO2/c1-9(14(17-2)18-3)16-13-7-10-4-5-12(15)6-11(10)8-13/h4-6,9,13-14,16H,7-8H2,1-3H3. The van der Waals surface area contributed by atoms with Crippen molar-refractivity contribution in [3.8, 4) is 0 Å². The van der Waals surface area contributed by atoms with Crippen molar-refractivity contribution in [2.24, 2.45) is 0 Å². The first-order chi connectivity index (χ1) is 8.63. The molecule has 2 unspecified atom stereocenters. The van der Waals surface area contributed by atoms with Gasteiger partial charge in [0.2, 0.25) is 0 Å². The van der Waals surface area contributed by atoms with Crippen LogP contribution in [-0.2, 0) is 22.3 Å². The summed E-state index contributed by atoms with van der Waals surface area (Å²) in [6.07, 6.45) is 1.84. The van der Waals surface area contributed by atoms with Gasteiger partial charge in [-0.15, -0.1) is 0 Å². The molecular formula is C14H20ClNO2. The van der Waals surface area contributed by atoms with Crippen molar-refractivity contribution in [3.05, 3.63) is 34.3 Å². The number of fused-ring (bicyclic) bond motifs is 1. The zero-order valence-corrected chi connectivity index (χ0v) is 11.8. The molecule has 2 rings (SSSR count). The van der Waals surface area contributed by atoms with Gasteiger partial charge < -0.3 is 14.8 Å². The number of hydrogen-bond donors (Lipinski definition) is 1. The summed E-state index contributed by atoms with van der Waals surface area (Å²) in [4.78, 5) is 0. The summed E-state index contributed by atoms with van der Waals surface area (Å²) in [5, 5.41) is 4.37. The van der Waals surface area contributed by atoms with Crippen LogP contribution in [0, 0.1) is 0 Å². The summed E-state index contributed by atoms with van der Waals surface area (Å²) in [5.74, 6) is 0. The Labute approximate surface area is 113 Å². The average molecular weight is 270 g/mol. The Hall–Kier alpha value is -0.610. The van der Waals surface area contributed by atoms with E-state index in [0.717, 1.165) is 17.9 Å². The molecule has 3 nitrogen and oxygen atoms in total. The Bertz CT molecular complexity index is 407. The summed E-state index contributed by atoms with van der Waals surface area (Å²) in [7, 11) is 3.32. The first kappa shape index (κ1) is 13.8. The van der Waals surface area contributed by atoms with Crippen LogP contribution in [-0.4, -0.2) is 32.6 Å². The first-order valence-electron chi connectivity index (χ1n) is 6.23. The average Bonchev–Trinajstić information content (AvgIpc) is 2.71. The molecule has 0 bridgehead atoms. The molecule has 0 spiro atoms. The summed E-state index contributed by atoms with van der Waals surface area (Å²) in [6.45, 7) is 2.08. The SMILES string of the molecule is COC(OC)C(C)NC1Cc2ccc(Cl)cc2C1. The highest BCUT2D eigenvalue weighted by Crippen LogP contribution is 2.25. The van der Waals surface area contributed by atoms with E-state index in [9.17, 15) is 0 Å². The van der Waals surface area contributed by atoms with Gasteiger partial charge in [-0.25, -0.2) is 0 Å². The largest absolute Gasteiger partial charge is 0.354 e. The van der Waals surface area contributed by atoms with E-state index >= 15 is 0 Å². The minimum atomic E-state index is -0.211. The predicted octanol–water partition coefficient (Wildman–Crippen LogP) is 2.40. The van der Waals surface area contributed by atoms with Crippen molar-refractivity contribution in [1.29, 1.82) is 0 Å². The number of methoxy groups -OCH3 is 2. The molecule has 0 aliphatic heterocycles. The number of ether oxygens (including phenoxy) is 2. The molecule has 0 saturated heterocycles. The molecule has 2 atom stereocenters. The van der Waals surface area contributed by atoms with Crippen LogP contribution in [0.3, 0.4) is 0 Å². The molecule has 0 heterocycles. The second-order valence-corrected chi connectivity index (χ2v) is 5.25.